The first-order valence-electron chi connectivity index (χ1n) is 28.9. The van der Waals surface area contributed by atoms with Crippen molar-refractivity contribution in [2.24, 2.45) is 0 Å². The van der Waals surface area contributed by atoms with Crippen molar-refractivity contribution in [1.82, 2.24) is 10.6 Å². The first-order chi connectivity index (χ1) is 34.8. The molecule has 14 atom stereocenters. The molecule has 2 rings (SSSR count). The topological polar surface area (TPSA) is 277 Å². The molecule has 17 heteroatoms. The maximum absolute atomic E-state index is 13.4. The molecule has 0 aliphatic carbocycles. The minimum absolute atomic E-state index is 0.195. The molecule has 17 nitrogen and oxygen atoms in total. The largest absolute Gasteiger partial charge is 0.394 e. The SMILES string of the molecule is CCCCCCCCCCCCCCCCCCCC[C@@H](O)C(=O)N[C@@H](CO[C@H]1O[C@H](CO)[C@H](O)[C@H](O[C@H]2O[C@H](CO)[C@H](O)[C@H](O)[C@H]2NC(C)=O)[C@H]1O)[C@H](O)[C@H](O)CCCCCCCCCCCCCCC. The van der Waals surface area contributed by atoms with Gasteiger partial charge in [-0.15, -0.1) is 0 Å². The molecule has 0 unspecified atom stereocenters. The van der Waals surface area contributed by atoms with Gasteiger partial charge in [0.2, 0.25) is 11.8 Å². The summed E-state index contributed by atoms with van der Waals surface area (Å²) in [5.74, 6) is -1.40. The number of carbonyl (C=O) groups excluding carboxylic acids is 2. The van der Waals surface area contributed by atoms with E-state index in [1.165, 1.54) is 135 Å². The highest BCUT2D eigenvalue weighted by molar-refractivity contribution is 5.80. The Balaban J connectivity index is 1.95. The molecule has 0 bridgehead atoms. The normalized spacial score (nSPS) is 26.3. The number of hydrogen-bond acceptors (Lipinski definition) is 15. The summed E-state index contributed by atoms with van der Waals surface area (Å²) in [6, 6.07) is -2.72. The average molecular weight is 1040 g/mol. The maximum Gasteiger partial charge on any atom is 0.249 e. The third kappa shape index (κ3) is 27.5. The van der Waals surface area contributed by atoms with Crippen LogP contribution in [0.3, 0.4) is 0 Å². The highest BCUT2D eigenvalue weighted by atomic mass is 16.7. The first-order valence-corrected chi connectivity index (χ1v) is 28.9. The number of carbonyl (C=O) groups is 2. The third-order valence-electron chi connectivity index (χ3n) is 14.7. The number of rotatable bonds is 45. The second kappa shape index (κ2) is 41.6. The van der Waals surface area contributed by atoms with E-state index in [4.69, 9.17) is 18.9 Å². The Kier molecular flexibility index (Phi) is 38.4. The Bertz CT molecular complexity index is 1320. The van der Waals surface area contributed by atoms with Crippen LogP contribution in [0, 0.1) is 0 Å². The molecule has 2 heterocycles. The minimum atomic E-state index is -1.85. The Labute approximate surface area is 433 Å². The molecule has 426 valence electrons. The van der Waals surface area contributed by atoms with E-state index in [0.717, 1.165) is 58.3 Å². The van der Waals surface area contributed by atoms with E-state index in [1.54, 1.807) is 0 Å². The van der Waals surface area contributed by atoms with Crippen molar-refractivity contribution >= 4 is 11.8 Å². The quantitative estimate of drug-likeness (QED) is 0.0301. The van der Waals surface area contributed by atoms with Crippen LogP contribution >= 0.6 is 0 Å². The van der Waals surface area contributed by atoms with Crippen LogP contribution in [0.1, 0.15) is 233 Å². The van der Waals surface area contributed by atoms with Crippen LogP contribution in [0.5, 0.6) is 0 Å². The van der Waals surface area contributed by atoms with Gasteiger partial charge in [-0.05, 0) is 12.8 Å². The van der Waals surface area contributed by atoms with Crippen molar-refractivity contribution < 1.29 is 74.5 Å². The Morgan fingerprint density at radius 3 is 1.32 bits per heavy atom. The lowest BCUT2D eigenvalue weighted by molar-refractivity contribution is -0.348. The number of unbranched alkanes of at least 4 members (excludes halogenated alkanes) is 29. The van der Waals surface area contributed by atoms with Gasteiger partial charge in [-0.1, -0.05) is 213 Å². The average Bonchev–Trinajstić information content (AvgIpc) is 3.36. The van der Waals surface area contributed by atoms with Gasteiger partial charge >= 0.3 is 0 Å². The fraction of sp³-hybridized carbons (Fsp3) is 0.964. The molecule has 2 fully saturated rings. The monoisotopic (exact) mass is 1030 g/mol. The Morgan fingerprint density at radius 1 is 0.514 bits per heavy atom. The predicted molar refractivity (Wildman–Crippen MR) is 278 cm³/mol. The van der Waals surface area contributed by atoms with Gasteiger partial charge in [0.05, 0.1) is 32.0 Å². The standard InChI is InChI=1S/C55H106N2O15/c1-4-6-8-10-12-14-16-18-19-20-21-22-24-26-28-30-32-34-36-43(62)53(68)57-41(47(63)42(61)35-33-31-29-27-25-23-17-15-13-11-9-7-5-2)39-69-55-51(67)52(49(65)45(38-59)71-55)72-54-46(56-40(3)60)50(66)48(64)44(37-58)70-54/h41-52,54-55,58-59,61-67H,4-39H2,1-3H3,(H,56,60)(H,57,68)/t41-,42+,43+,44+,45+,46+,47-,48-,49-,50+,51+,52-,54+,55-/m0/s1. The maximum atomic E-state index is 13.4. The molecular formula is C55H106N2O15. The lowest BCUT2D eigenvalue weighted by Gasteiger charge is -2.47. The van der Waals surface area contributed by atoms with Crippen molar-refractivity contribution in [2.45, 2.75) is 318 Å². The number of hydrogen-bond donors (Lipinski definition) is 11. The van der Waals surface area contributed by atoms with E-state index in [-0.39, 0.29) is 12.8 Å². The van der Waals surface area contributed by atoms with Crippen LogP contribution in [0.25, 0.3) is 0 Å². The summed E-state index contributed by atoms with van der Waals surface area (Å²) in [5, 5.41) is 102. The number of amides is 2. The minimum Gasteiger partial charge on any atom is -0.394 e. The second-order valence-electron chi connectivity index (χ2n) is 21.1. The first kappa shape index (κ1) is 66.5. The predicted octanol–water partition coefficient (Wildman–Crippen LogP) is 6.25. The van der Waals surface area contributed by atoms with E-state index in [1.807, 2.05) is 0 Å². The summed E-state index contributed by atoms with van der Waals surface area (Å²) in [7, 11) is 0. The van der Waals surface area contributed by atoms with Gasteiger partial charge in [-0.2, -0.15) is 0 Å². The number of nitrogens with one attached hydrogen (secondary N) is 2. The number of aliphatic hydroxyl groups excluding tert-OH is 9. The van der Waals surface area contributed by atoms with Crippen molar-refractivity contribution in [3.05, 3.63) is 0 Å². The highest BCUT2D eigenvalue weighted by Gasteiger charge is 2.51. The highest BCUT2D eigenvalue weighted by Crippen LogP contribution is 2.30. The van der Waals surface area contributed by atoms with Crippen molar-refractivity contribution in [1.29, 1.82) is 0 Å². The lowest BCUT2D eigenvalue weighted by atomic mass is 9.95. The fourth-order valence-corrected chi connectivity index (χ4v) is 9.98. The van der Waals surface area contributed by atoms with Crippen LogP contribution in [-0.2, 0) is 28.5 Å². The molecule has 2 aliphatic heterocycles. The van der Waals surface area contributed by atoms with Crippen LogP contribution in [0.4, 0.5) is 0 Å². The van der Waals surface area contributed by atoms with Crippen molar-refractivity contribution in [3.8, 4) is 0 Å². The smallest absolute Gasteiger partial charge is 0.249 e. The Morgan fingerprint density at radius 2 is 0.903 bits per heavy atom. The van der Waals surface area contributed by atoms with E-state index in [9.17, 15) is 55.5 Å². The number of aliphatic hydroxyl groups is 9. The van der Waals surface area contributed by atoms with E-state index in [0.29, 0.717) is 12.8 Å². The van der Waals surface area contributed by atoms with Gasteiger partial charge in [0.15, 0.2) is 12.6 Å². The van der Waals surface area contributed by atoms with E-state index >= 15 is 0 Å². The van der Waals surface area contributed by atoms with Crippen molar-refractivity contribution in [3.63, 3.8) is 0 Å². The van der Waals surface area contributed by atoms with Crippen LogP contribution in [0.15, 0.2) is 0 Å². The molecule has 0 aromatic heterocycles. The van der Waals surface area contributed by atoms with Crippen molar-refractivity contribution in [2.75, 3.05) is 19.8 Å². The summed E-state index contributed by atoms with van der Waals surface area (Å²) in [6.45, 7) is 3.56. The molecule has 72 heavy (non-hydrogen) atoms. The molecular weight excluding hydrogens is 929 g/mol. The summed E-state index contributed by atoms with van der Waals surface area (Å²) in [5.41, 5.74) is 0. The van der Waals surface area contributed by atoms with E-state index < -0.39 is 117 Å². The zero-order valence-electron chi connectivity index (χ0n) is 45.0. The molecule has 11 N–H and O–H groups in total. The Hall–Kier alpha value is -1.58. The summed E-state index contributed by atoms with van der Waals surface area (Å²) in [6.07, 6.45) is 18.4. The zero-order chi connectivity index (χ0) is 52.9. The van der Waals surface area contributed by atoms with Gasteiger partial charge in [-0.3, -0.25) is 9.59 Å². The summed E-state index contributed by atoms with van der Waals surface area (Å²) >= 11 is 0. The van der Waals surface area contributed by atoms with Gasteiger partial charge in [0.25, 0.3) is 0 Å². The molecule has 0 spiro atoms. The number of ether oxygens (including phenoxy) is 4. The lowest BCUT2D eigenvalue weighted by Crippen LogP contribution is -2.68. The second-order valence-corrected chi connectivity index (χ2v) is 21.1. The van der Waals surface area contributed by atoms with Gasteiger partial charge in [-0.25, -0.2) is 0 Å². The molecule has 0 aromatic carbocycles. The molecule has 0 saturated carbocycles. The summed E-state index contributed by atoms with van der Waals surface area (Å²) in [4.78, 5) is 25.5. The van der Waals surface area contributed by atoms with Gasteiger partial charge in [0.1, 0.15) is 61.0 Å². The summed E-state index contributed by atoms with van der Waals surface area (Å²) < 4.78 is 23.2. The van der Waals surface area contributed by atoms with Gasteiger partial charge < -0.3 is 75.5 Å². The van der Waals surface area contributed by atoms with Crippen LogP contribution in [-0.4, -0.2) is 163 Å². The molecule has 0 radical (unpaired) electrons. The molecule has 0 aromatic rings. The van der Waals surface area contributed by atoms with Crippen LogP contribution < -0.4 is 10.6 Å². The fourth-order valence-electron chi connectivity index (χ4n) is 9.98. The molecule has 2 saturated heterocycles. The zero-order valence-corrected chi connectivity index (χ0v) is 45.0. The third-order valence-corrected chi connectivity index (χ3v) is 14.7. The molecule has 2 amide bonds. The molecule has 2 aliphatic rings. The van der Waals surface area contributed by atoms with Crippen LogP contribution in [0.2, 0.25) is 0 Å². The van der Waals surface area contributed by atoms with E-state index in [2.05, 4.69) is 24.5 Å². The van der Waals surface area contributed by atoms with Gasteiger partial charge in [0, 0.05) is 6.92 Å².